The van der Waals surface area contributed by atoms with Crippen LogP contribution < -0.4 is 5.32 Å². The highest BCUT2D eigenvalue weighted by atomic mass is 35.5. The molecule has 0 aliphatic carbocycles. The van der Waals surface area contributed by atoms with Gasteiger partial charge in [-0.15, -0.1) is 0 Å². The number of carbonyl (C=O) groups is 1. The van der Waals surface area contributed by atoms with Crippen LogP contribution in [-0.2, 0) is 6.54 Å². The monoisotopic (exact) mass is 323 g/mol. The van der Waals surface area contributed by atoms with E-state index in [0.29, 0.717) is 17.1 Å². The fourth-order valence-corrected chi connectivity index (χ4v) is 2.40. The predicted octanol–water partition coefficient (Wildman–Crippen LogP) is 3.73. The van der Waals surface area contributed by atoms with Crippen molar-refractivity contribution in [2.75, 3.05) is 0 Å². The van der Waals surface area contributed by atoms with Crippen LogP contribution in [0, 0.1) is 0 Å². The first-order valence-corrected chi connectivity index (χ1v) is 7.50. The average molecular weight is 324 g/mol. The summed E-state index contributed by atoms with van der Waals surface area (Å²) in [6.07, 6.45) is 5.20. The van der Waals surface area contributed by atoms with Gasteiger partial charge in [0.25, 0.3) is 5.91 Å². The van der Waals surface area contributed by atoms with Crippen LogP contribution in [0.3, 0.4) is 0 Å². The summed E-state index contributed by atoms with van der Waals surface area (Å²) in [5.41, 5.74) is 3.18. The molecule has 1 aromatic carbocycles. The van der Waals surface area contributed by atoms with E-state index in [4.69, 9.17) is 11.6 Å². The Balaban J connectivity index is 1.72. The molecule has 0 spiro atoms. The smallest absolute Gasteiger partial charge is 0.253 e. The van der Waals surface area contributed by atoms with Crippen LogP contribution in [0.15, 0.2) is 67.1 Å². The molecule has 0 saturated carbocycles. The predicted molar refractivity (Wildman–Crippen MR) is 90.1 cm³/mol. The van der Waals surface area contributed by atoms with Crippen molar-refractivity contribution in [3.05, 3.63) is 83.3 Å². The van der Waals surface area contributed by atoms with Crippen molar-refractivity contribution in [3.63, 3.8) is 0 Å². The lowest BCUT2D eigenvalue weighted by Gasteiger charge is -2.08. The summed E-state index contributed by atoms with van der Waals surface area (Å²) in [5, 5.41) is 3.31. The van der Waals surface area contributed by atoms with E-state index in [0.717, 1.165) is 16.8 Å². The number of hydrogen-bond acceptors (Lipinski definition) is 3. The Bertz CT molecular complexity index is 821. The minimum absolute atomic E-state index is 0.199. The molecule has 0 aliphatic rings. The molecule has 1 N–H and O–H groups in total. The zero-order chi connectivity index (χ0) is 16.1. The topological polar surface area (TPSA) is 54.9 Å². The molecule has 0 saturated heterocycles. The van der Waals surface area contributed by atoms with Crippen LogP contribution in [0.1, 0.15) is 15.9 Å². The van der Waals surface area contributed by atoms with Gasteiger partial charge in [0.1, 0.15) is 0 Å². The minimum atomic E-state index is -0.199. The van der Waals surface area contributed by atoms with Gasteiger partial charge in [-0.3, -0.25) is 14.8 Å². The first-order chi connectivity index (χ1) is 11.2. The molecule has 4 nitrogen and oxygen atoms in total. The third-order valence-electron chi connectivity index (χ3n) is 3.35. The summed E-state index contributed by atoms with van der Waals surface area (Å²) >= 11 is 6.03. The van der Waals surface area contributed by atoms with Crippen LogP contribution in [-0.4, -0.2) is 15.9 Å². The summed E-state index contributed by atoms with van der Waals surface area (Å²) in [4.78, 5) is 20.6. The van der Waals surface area contributed by atoms with Gasteiger partial charge in [0.2, 0.25) is 0 Å². The van der Waals surface area contributed by atoms with E-state index in [-0.39, 0.29) is 5.91 Å². The molecule has 3 aromatic rings. The van der Waals surface area contributed by atoms with E-state index in [9.17, 15) is 4.79 Å². The number of hydrogen-bond donors (Lipinski definition) is 1. The Labute approximate surface area is 139 Å². The second kappa shape index (κ2) is 7.03. The van der Waals surface area contributed by atoms with E-state index in [1.54, 1.807) is 42.9 Å². The van der Waals surface area contributed by atoms with Gasteiger partial charge in [0, 0.05) is 30.7 Å². The van der Waals surface area contributed by atoms with E-state index < -0.39 is 0 Å². The maximum Gasteiger partial charge on any atom is 0.253 e. The number of rotatable bonds is 4. The van der Waals surface area contributed by atoms with Gasteiger partial charge in [0.15, 0.2) is 0 Å². The quantitative estimate of drug-likeness (QED) is 0.796. The Hall–Kier alpha value is -2.72. The third kappa shape index (κ3) is 3.73. The van der Waals surface area contributed by atoms with Crippen LogP contribution >= 0.6 is 11.6 Å². The zero-order valence-electron chi connectivity index (χ0n) is 12.2. The lowest BCUT2D eigenvalue weighted by atomic mass is 10.1. The molecule has 0 atom stereocenters. The molecule has 0 fully saturated rings. The highest BCUT2D eigenvalue weighted by Gasteiger charge is 2.09. The van der Waals surface area contributed by atoms with Crippen molar-refractivity contribution < 1.29 is 4.79 Å². The second-order valence-corrected chi connectivity index (χ2v) is 5.36. The number of halogens is 1. The SMILES string of the molecule is O=C(NCc1ccnc(-c2cccnc2)c1)c1ccccc1Cl. The third-order valence-corrected chi connectivity index (χ3v) is 3.68. The van der Waals surface area contributed by atoms with Crippen LogP contribution in [0.4, 0.5) is 0 Å². The Kier molecular flexibility index (Phi) is 4.64. The summed E-state index contributed by atoms with van der Waals surface area (Å²) < 4.78 is 0. The number of nitrogens with one attached hydrogen (secondary N) is 1. The number of aromatic nitrogens is 2. The molecule has 23 heavy (non-hydrogen) atoms. The number of nitrogens with zero attached hydrogens (tertiary/aromatic N) is 2. The van der Waals surface area contributed by atoms with Gasteiger partial charge in [0.05, 0.1) is 16.3 Å². The van der Waals surface area contributed by atoms with E-state index in [1.807, 2.05) is 24.3 Å². The summed E-state index contributed by atoms with van der Waals surface area (Å²) in [6, 6.07) is 14.6. The molecule has 2 aromatic heterocycles. The number of pyridine rings is 2. The van der Waals surface area contributed by atoms with Crippen molar-refractivity contribution in [1.82, 2.24) is 15.3 Å². The maximum absolute atomic E-state index is 12.2. The number of carbonyl (C=O) groups excluding carboxylic acids is 1. The molecular formula is C18H14ClN3O. The maximum atomic E-state index is 12.2. The van der Waals surface area contributed by atoms with Gasteiger partial charge in [-0.1, -0.05) is 23.7 Å². The second-order valence-electron chi connectivity index (χ2n) is 4.95. The van der Waals surface area contributed by atoms with Crippen molar-refractivity contribution in [1.29, 1.82) is 0 Å². The van der Waals surface area contributed by atoms with Gasteiger partial charge in [-0.05, 0) is 42.0 Å². The van der Waals surface area contributed by atoms with Gasteiger partial charge < -0.3 is 5.32 Å². The van der Waals surface area contributed by atoms with Crippen molar-refractivity contribution >= 4 is 17.5 Å². The number of benzene rings is 1. The van der Waals surface area contributed by atoms with E-state index in [1.165, 1.54) is 0 Å². The van der Waals surface area contributed by atoms with Crippen molar-refractivity contribution in [2.24, 2.45) is 0 Å². The molecule has 1 amide bonds. The molecule has 0 aliphatic heterocycles. The largest absolute Gasteiger partial charge is 0.348 e. The first-order valence-electron chi connectivity index (χ1n) is 7.12. The average Bonchev–Trinajstić information content (AvgIpc) is 2.61. The van der Waals surface area contributed by atoms with E-state index >= 15 is 0 Å². The van der Waals surface area contributed by atoms with E-state index in [2.05, 4.69) is 15.3 Å². The Morgan fingerprint density at radius 2 is 1.96 bits per heavy atom. The summed E-state index contributed by atoms with van der Waals surface area (Å²) in [6.45, 7) is 0.403. The zero-order valence-corrected chi connectivity index (χ0v) is 13.0. The van der Waals surface area contributed by atoms with Gasteiger partial charge in [-0.2, -0.15) is 0 Å². The molecular weight excluding hydrogens is 310 g/mol. The highest BCUT2D eigenvalue weighted by Crippen LogP contribution is 2.17. The summed E-state index contributed by atoms with van der Waals surface area (Å²) in [5.74, 6) is -0.199. The first kappa shape index (κ1) is 15.2. The van der Waals surface area contributed by atoms with Crippen LogP contribution in [0.2, 0.25) is 5.02 Å². The van der Waals surface area contributed by atoms with Gasteiger partial charge in [-0.25, -0.2) is 0 Å². The highest BCUT2D eigenvalue weighted by molar-refractivity contribution is 6.33. The fraction of sp³-hybridized carbons (Fsp3) is 0.0556. The fourth-order valence-electron chi connectivity index (χ4n) is 2.18. The molecule has 0 radical (unpaired) electrons. The molecule has 2 heterocycles. The summed E-state index contributed by atoms with van der Waals surface area (Å²) in [7, 11) is 0. The standard InChI is InChI=1S/C18H14ClN3O/c19-16-6-2-1-5-15(16)18(23)22-11-13-7-9-21-17(10-13)14-4-3-8-20-12-14/h1-10,12H,11H2,(H,22,23). The molecule has 0 bridgehead atoms. The lowest BCUT2D eigenvalue weighted by molar-refractivity contribution is 0.0951. The molecule has 3 rings (SSSR count). The van der Waals surface area contributed by atoms with Crippen LogP contribution in [0.5, 0.6) is 0 Å². The molecule has 5 heteroatoms. The van der Waals surface area contributed by atoms with Crippen molar-refractivity contribution in [3.8, 4) is 11.3 Å². The normalized spacial score (nSPS) is 10.3. The molecule has 0 unspecified atom stereocenters. The minimum Gasteiger partial charge on any atom is -0.348 e. The molecule has 114 valence electrons. The van der Waals surface area contributed by atoms with Crippen molar-refractivity contribution in [2.45, 2.75) is 6.54 Å². The Morgan fingerprint density at radius 1 is 1.09 bits per heavy atom. The number of amides is 1. The lowest BCUT2D eigenvalue weighted by Crippen LogP contribution is -2.23. The Morgan fingerprint density at radius 3 is 2.74 bits per heavy atom. The van der Waals surface area contributed by atoms with Crippen LogP contribution in [0.25, 0.3) is 11.3 Å². The van der Waals surface area contributed by atoms with Gasteiger partial charge >= 0.3 is 0 Å².